The Hall–Kier alpha value is -1.60. The van der Waals surface area contributed by atoms with Crippen molar-refractivity contribution in [3.05, 3.63) is 12.2 Å². The molecule has 1 amide bonds. The third-order valence-electron chi connectivity index (χ3n) is 2.83. The second-order valence-corrected chi connectivity index (χ2v) is 4.02. The van der Waals surface area contributed by atoms with E-state index >= 15 is 0 Å². The highest BCUT2D eigenvalue weighted by molar-refractivity contribution is 5.68. The molecule has 0 fully saturated rings. The lowest BCUT2D eigenvalue weighted by molar-refractivity contribution is -0.158. The molecule has 108 valence electrons. The number of carbonyl (C=O) groups excluding carboxylic acids is 2. The summed E-state index contributed by atoms with van der Waals surface area (Å²) < 4.78 is 20.3. The molecule has 7 heteroatoms. The van der Waals surface area contributed by atoms with E-state index in [0.29, 0.717) is 0 Å². The Morgan fingerprint density at radius 3 is 2.16 bits per heavy atom. The van der Waals surface area contributed by atoms with E-state index in [0.717, 1.165) is 0 Å². The molecule has 1 aliphatic carbocycles. The third kappa shape index (κ3) is 3.93. The molecule has 0 unspecified atom stereocenters. The van der Waals surface area contributed by atoms with Gasteiger partial charge in [-0.15, -0.1) is 0 Å². The molecule has 1 aliphatic rings. The molecule has 0 heterocycles. The Morgan fingerprint density at radius 2 is 1.68 bits per heavy atom. The molecule has 0 radical (unpaired) electrons. The highest BCUT2D eigenvalue weighted by Crippen LogP contribution is 2.21. The largest absolute Gasteiger partial charge is 0.455 e. The van der Waals surface area contributed by atoms with E-state index in [-0.39, 0.29) is 0 Å². The molecule has 0 aliphatic heterocycles. The quantitative estimate of drug-likeness (QED) is 0.583. The summed E-state index contributed by atoms with van der Waals surface area (Å²) in [6.45, 7) is 1.32. The van der Waals surface area contributed by atoms with Crippen molar-refractivity contribution >= 4 is 12.1 Å². The van der Waals surface area contributed by atoms with Crippen molar-refractivity contribution in [1.82, 2.24) is 5.32 Å². The van der Waals surface area contributed by atoms with Crippen molar-refractivity contribution in [2.45, 2.75) is 31.3 Å². The van der Waals surface area contributed by atoms with Crippen LogP contribution in [0.1, 0.15) is 6.92 Å². The number of carbonyl (C=O) groups is 2. The molecule has 0 saturated carbocycles. The first-order valence-corrected chi connectivity index (χ1v) is 5.79. The summed E-state index contributed by atoms with van der Waals surface area (Å²) in [5, 5.41) is 2.61. The van der Waals surface area contributed by atoms with Crippen LogP contribution in [0.3, 0.4) is 0 Å². The van der Waals surface area contributed by atoms with Crippen molar-refractivity contribution < 1.29 is 28.5 Å². The molecule has 19 heavy (non-hydrogen) atoms. The van der Waals surface area contributed by atoms with E-state index < -0.39 is 36.4 Å². The minimum absolute atomic E-state index is 0.411. The molecule has 4 atom stereocenters. The van der Waals surface area contributed by atoms with E-state index in [2.05, 4.69) is 10.1 Å². The van der Waals surface area contributed by atoms with Crippen LogP contribution >= 0.6 is 0 Å². The summed E-state index contributed by atoms with van der Waals surface area (Å²) in [5.74, 6) is -0.411. The lowest BCUT2D eigenvalue weighted by Crippen LogP contribution is -2.55. The van der Waals surface area contributed by atoms with Gasteiger partial charge in [0.1, 0.15) is 18.3 Å². The van der Waals surface area contributed by atoms with Gasteiger partial charge in [0.25, 0.3) is 0 Å². The molecule has 0 aromatic rings. The van der Waals surface area contributed by atoms with Crippen molar-refractivity contribution in [3.8, 4) is 0 Å². The molecular formula is C12H19NO6. The van der Waals surface area contributed by atoms with E-state index in [1.54, 1.807) is 12.2 Å². The number of rotatable bonds is 4. The van der Waals surface area contributed by atoms with Gasteiger partial charge in [0.15, 0.2) is 0 Å². The molecule has 7 nitrogen and oxygen atoms in total. The van der Waals surface area contributed by atoms with Gasteiger partial charge < -0.3 is 24.3 Å². The molecule has 0 aromatic carbocycles. The summed E-state index contributed by atoms with van der Waals surface area (Å²) in [6, 6.07) is -0.422. The minimum Gasteiger partial charge on any atom is -0.455 e. The normalized spacial score (nSPS) is 29.7. The fourth-order valence-corrected chi connectivity index (χ4v) is 2.01. The van der Waals surface area contributed by atoms with Crippen molar-refractivity contribution in [2.24, 2.45) is 0 Å². The average molecular weight is 273 g/mol. The van der Waals surface area contributed by atoms with Gasteiger partial charge >= 0.3 is 12.1 Å². The summed E-state index contributed by atoms with van der Waals surface area (Å²) in [4.78, 5) is 22.3. The van der Waals surface area contributed by atoms with Crippen LogP contribution in [0.5, 0.6) is 0 Å². The lowest BCUT2D eigenvalue weighted by Gasteiger charge is -2.37. The number of nitrogens with one attached hydrogen (secondary N) is 1. The Kier molecular flexibility index (Phi) is 5.78. The van der Waals surface area contributed by atoms with Gasteiger partial charge in [0.05, 0.1) is 13.2 Å². The van der Waals surface area contributed by atoms with Gasteiger partial charge in [-0.05, 0) is 6.08 Å². The zero-order chi connectivity index (χ0) is 14.4. The number of amides is 1. The number of methoxy groups -OCH3 is 3. The fourth-order valence-electron chi connectivity index (χ4n) is 2.01. The van der Waals surface area contributed by atoms with Crippen molar-refractivity contribution in [1.29, 1.82) is 0 Å². The van der Waals surface area contributed by atoms with Gasteiger partial charge in [-0.25, -0.2) is 4.79 Å². The maximum absolute atomic E-state index is 11.2. The van der Waals surface area contributed by atoms with E-state index in [4.69, 9.17) is 14.2 Å². The van der Waals surface area contributed by atoms with E-state index in [1.807, 2.05) is 0 Å². The first-order chi connectivity index (χ1) is 9.03. The number of hydrogen-bond acceptors (Lipinski definition) is 6. The highest BCUT2D eigenvalue weighted by Gasteiger charge is 2.39. The topological polar surface area (TPSA) is 83.1 Å². The lowest BCUT2D eigenvalue weighted by atomic mass is 9.93. The third-order valence-corrected chi connectivity index (χ3v) is 2.83. The number of alkyl carbamates (subject to hydrolysis) is 1. The summed E-state index contributed by atoms with van der Waals surface area (Å²) >= 11 is 0. The van der Waals surface area contributed by atoms with Crippen LogP contribution < -0.4 is 5.32 Å². The van der Waals surface area contributed by atoms with Gasteiger partial charge in [0, 0.05) is 21.1 Å². The molecular weight excluding hydrogens is 254 g/mol. The van der Waals surface area contributed by atoms with Crippen LogP contribution in [-0.2, 0) is 23.7 Å². The Morgan fingerprint density at radius 1 is 1.05 bits per heavy atom. The van der Waals surface area contributed by atoms with Crippen molar-refractivity contribution in [3.63, 3.8) is 0 Å². The minimum atomic E-state index is -0.572. The van der Waals surface area contributed by atoms with Crippen LogP contribution in [0, 0.1) is 0 Å². The zero-order valence-corrected chi connectivity index (χ0v) is 11.4. The Balaban J connectivity index is 2.86. The Labute approximate surface area is 111 Å². The molecule has 0 saturated heterocycles. The summed E-state index contributed by atoms with van der Waals surface area (Å²) in [6.07, 6.45) is 1.22. The fraction of sp³-hybridized carbons (Fsp3) is 0.667. The highest BCUT2D eigenvalue weighted by atomic mass is 16.6. The monoisotopic (exact) mass is 273 g/mol. The SMILES string of the molecule is COC(=O)N[C@@H]1C=C[C@H](OC(C)=O)[C@@H](OC)[C@H]1OC. The zero-order valence-electron chi connectivity index (χ0n) is 11.4. The van der Waals surface area contributed by atoms with Gasteiger partial charge in [0.2, 0.25) is 0 Å². The smallest absolute Gasteiger partial charge is 0.407 e. The van der Waals surface area contributed by atoms with Gasteiger partial charge in [-0.1, -0.05) is 6.08 Å². The molecule has 0 aromatic heterocycles. The van der Waals surface area contributed by atoms with Crippen LogP contribution in [-0.4, -0.2) is 57.7 Å². The maximum Gasteiger partial charge on any atom is 0.407 e. The first kappa shape index (κ1) is 15.5. The van der Waals surface area contributed by atoms with Crippen LogP contribution in [0.2, 0.25) is 0 Å². The van der Waals surface area contributed by atoms with Crippen LogP contribution in [0.4, 0.5) is 4.79 Å². The molecule has 1 N–H and O–H groups in total. The van der Waals surface area contributed by atoms with Gasteiger partial charge in [-0.2, -0.15) is 0 Å². The summed E-state index contributed by atoms with van der Waals surface area (Å²) in [5.41, 5.74) is 0. The average Bonchev–Trinajstić information content (AvgIpc) is 2.38. The molecule has 0 bridgehead atoms. The number of hydrogen-bond donors (Lipinski definition) is 1. The van der Waals surface area contributed by atoms with Crippen molar-refractivity contribution in [2.75, 3.05) is 21.3 Å². The first-order valence-electron chi connectivity index (χ1n) is 5.79. The van der Waals surface area contributed by atoms with Crippen LogP contribution in [0.15, 0.2) is 12.2 Å². The molecule has 0 spiro atoms. The predicted molar refractivity (Wildman–Crippen MR) is 65.6 cm³/mol. The standard InChI is InChI=1S/C12H19NO6/c1-7(14)19-9-6-5-8(13-12(15)18-4)10(16-2)11(9)17-3/h5-6,8-11H,1-4H3,(H,13,15)/t8-,9+,10+,11-/m1/s1. The molecule has 1 rings (SSSR count). The Bertz CT molecular complexity index is 356. The van der Waals surface area contributed by atoms with Gasteiger partial charge in [-0.3, -0.25) is 4.79 Å². The van der Waals surface area contributed by atoms with E-state index in [9.17, 15) is 9.59 Å². The predicted octanol–water partition coefficient (Wildman–Crippen LogP) is 0.242. The number of ether oxygens (including phenoxy) is 4. The number of esters is 1. The second-order valence-electron chi connectivity index (χ2n) is 4.02. The summed E-state index contributed by atoms with van der Waals surface area (Å²) in [7, 11) is 4.26. The van der Waals surface area contributed by atoms with Crippen LogP contribution in [0.25, 0.3) is 0 Å². The second kappa shape index (κ2) is 7.10. The van der Waals surface area contributed by atoms with E-state index in [1.165, 1.54) is 28.3 Å². The maximum atomic E-state index is 11.2.